The number of aryl methyl sites for hydroxylation is 1. The van der Waals surface area contributed by atoms with Gasteiger partial charge in [-0.1, -0.05) is 42.8 Å². The molecule has 0 saturated heterocycles. The van der Waals surface area contributed by atoms with Crippen LogP contribution in [0.5, 0.6) is 0 Å². The number of amides is 3. The maximum Gasteiger partial charge on any atom is 0.254 e. The van der Waals surface area contributed by atoms with E-state index in [0.29, 0.717) is 22.9 Å². The molecule has 0 unspecified atom stereocenters. The molecule has 0 atom stereocenters. The molecule has 166 valence electrons. The van der Waals surface area contributed by atoms with Gasteiger partial charge in [-0.25, -0.2) is 4.98 Å². The molecule has 0 aliphatic carbocycles. The normalized spacial score (nSPS) is 10.4. The second kappa shape index (κ2) is 11.2. The zero-order valence-corrected chi connectivity index (χ0v) is 18.9. The molecule has 0 spiro atoms. The van der Waals surface area contributed by atoms with Crippen LogP contribution >= 0.6 is 11.3 Å². The number of thiazole rings is 1. The molecule has 2 aromatic carbocycles. The molecule has 32 heavy (non-hydrogen) atoms. The summed E-state index contributed by atoms with van der Waals surface area (Å²) in [6.45, 7) is 4.35. The summed E-state index contributed by atoms with van der Waals surface area (Å²) in [5.41, 5.74) is 2.96. The van der Waals surface area contributed by atoms with Crippen molar-refractivity contribution < 1.29 is 14.4 Å². The van der Waals surface area contributed by atoms with Crippen molar-refractivity contribution in [3.05, 3.63) is 76.8 Å². The van der Waals surface area contributed by atoms with Crippen LogP contribution in [0.15, 0.2) is 60.0 Å². The molecule has 0 aliphatic heterocycles. The van der Waals surface area contributed by atoms with Crippen LogP contribution in [0.1, 0.15) is 35.0 Å². The minimum Gasteiger partial charge on any atom is -0.329 e. The van der Waals surface area contributed by atoms with Gasteiger partial charge in [0.05, 0.1) is 12.1 Å². The van der Waals surface area contributed by atoms with Crippen molar-refractivity contribution in [2.75, 3.05) is 23.7 Å². The summed E-state index contributed by atoms with van der Waals surface area (Å²) in [5, 5.41) is 7.70. The lowest BCUT2D eigenvalue weighted by molar-refractivity contribution is -0.117. The molecule has 0 fully saturated rings. The average molecular weight is 451 g/mol. The topological polar surface area (TPSA) is 91.4 Å². The van der Waals surface area contributed by atoms with Crippen LogP contribution in [0.25, 0.3) is 0 Å². The zero-order chi connectivity index (χ0) is 22.9. The summed E-state index contributed by atoms with van der Waals surface area (Å²) in [7, 11) is 0. The van der Waals surface area contributed by atoms with Gasteiger partial charge < -0.3 is 15.5 Å². The Bertz CT molecular complexity index is 1060. The van der Waals surface area contributed by atoms with E-state index in [0.717, 1.165) is 17.7 Å². The molecule has 3 aromatic rings. The highest BCUT2D eigenvalue weighted by Crippen LogP contribution is 2.17. The summed E-state index contributed by atoms with van der Waals surface area (Å²) >= 11 is 1.25. The predicted octanol–water partition coefficient (Wildman–Crippen LogP) is 4.12. The molecule has 0 bridgehead atoms. The smallest absolute Gasteiger partial charge is 0.254 e. The zero-order valence-electron chi connectivity index (χ0n) is 18.1. The van der Waals surface area contributed by atoms with Crippen molar-refractivity contribution >= 4 is 39.9 Å². The van der Waals surface area contributed by atoms with Gasteiger partial charge in [0.1, 0.15) is 6.54 Å². The first-order valence-electron chi connectivity index (χ1n) is 10.4. The molecular formula is C24H26N4O3S. The van der Waals surface area contributed by atoms with Crippen molar-refractivity contribution in [2.45, 2.75) is 26.7 Å². The molecule has 0 saturated carbocycles. The second-order valence-electron chi connectivity index (χ2n) is 7.38. The minimum atomic E-state index is -0.326. The number of carbonyl (C=O) groups is 3. The van der Waals surface area contributed by atoms with E-state index in [1.807, 2.05) is 44.2 Å². The van der Waals surface area contributed by atoms with Crippen LogP contribution < -0.4 is 10.6 Å². The van der Waals surface area contributed by atoms with E-state index in [1.54, 1.807) is 29.6 Å². The SMILES string of the molecule is CCCN(CC(=O)Nc1nc(CC(=O)Nc2ccc(C)cc2)cs1)C(=O)c1ccccc1. The number of nitrogens with one attached hydrogen (secondary N) is 2. The Morgan fingerprint density at radius 1 is 0.969 bits per heavy atom. The highest BCUT2D eigenvalue weighted by molar-refractivity contribution is 7.13. The fourth-order valence-electron chi connectivity index (χ4n) is 3.07. The van der Waals surface area contributed by atoms with Gasteiger partial charge in [0.15, 0.2) is 5.13 Å². The first kappa shape index (κ1) is 23.1. The van der Waals surface area contributed by atoms with Gasteiger partial charge in [-0.2, -0.15) is 0 Å². The van der Waals surface area contributed by atoms with E-state index >= 15 is 0 Å². The molecule has 0 aliphatic rings. The first-order chi connectivity index (χ1) is 15.4. The highest BCUT2D eigenvalue weighted by atomic mass is 32.1. The Kier molecular flexibility index (Phi) is 8.10. The van der Waals surface area contributed by atoms with Gasteiger partial charge in [0.25, 0.3) is 5.91 Å². The van der Waals surface area contributed by atoms with Gasteiger partial charge >= 0.3 is 0 Å². The van der Waals surface area contributed by atoms with Crippen LogP contribution in [0.2, 0.25) is 0 Å². The number of carbonyl (C=O) groups excluding carboxylic acids is 3. The molecule has 0 radical (unpaired) electrons. The number of hydrogen-bond donors (Lipinski definition) is 2. The number of nitrogens with zero attached hydrogens (tertiary/aromatic N) is 2. The molecular weight excluding hydrogens is 424 g/mol. The monoisotopic (exact) mass is 450 g/mol. The van der Waals surface area contributed by atoms with Gasteiger partial charge in [0.2, 0.25) is 11.8 Å². The van der Waals surface area contributed by atoms with Crippen molar-refractivity contribution in [1.29, 1.82) is 0 Å². The Morgan fingerprint density at radius 3 is 2.38 bits per heavy atom. The highest BCUT2D eigenvalue weighted by Gasteiger charge is 2.19. The number of hydrogen-bond acceptors (Lipinski definition) is 5. The van der Waals surface area contributed by atoms with Crippen molar-refractivity contribution in [3.63, 3.8) is 0 Å². The van der Waals surface area contributed by atoms with Crippen molar-refractivity contribution in [2.24, 2.45) is 0 Å². The largest absolute Gasteiger partial charge is 0.329 e. The fraction of sp³-hybridized carbons (Fsp3) is 0.250. The third kappa shape index (κ3) is 6.75. The molecule has 3 rings (SSSR count). The molecule has 3 amide bonds. The Hall–Kier alpha value is -3.52. The van der Waals surface area contributed by atoms with Crippen LogP contribution in [0.4, 0.5) is 10.8 Å². The lowest BCUT2D eigenvalue weighted by Crippen LogP contribution is -2.38. The third-order valence-corrected chi connectivity index (χ3v) is 5.42. The van der Waals surface area contributed by atoms with Crippen LogP contribution in [-0.2, 0) is 16.0 Å². The predicted molar refractivity (Wildman–Crippen MR) is 127 cm³/mol. The number of anilines is 2. The van der Waals surface area contributed by atoms with E-state index in [4.69, 9.17) is 0 Å². The summed E-state index contributed by atoms with van der Waals surface area (Å²) in [6.07, 6.45) is 0.845. The summed E-state index contributed by atoms with van der Waals surface area (Å²) in [6, 6.07) is 16.4. The Balaban J connectivity index is 1.54. The lowest BCUT2D eigenvalue weighted by atomic mass is 10.2. The van der Waals surface area contributed by atoms with E-state index in [9.17, 15) is 14.4 Å². The number of benzene rings is 2. The van der Waals surface area contributed by atoms with E-state index in [1.165, 1.54) is 16.2 Å². The van der Waals surface area contributed by atoms with Crippen LogP contribution in [0, 0.1) is 6.92 Å². The number of rotatable bonds is 9. The summed E-state index contributed by atoms with van der Waals surface area (Å²) < 4.78 is 0. The number of aromatic nitrogens is 1. The Morgan fingerprint density at radius 2 is 1.69 bits per heavy atom. The molecule has 2 N–H and O–H groups in total. The average Bonchev–Trinajstić information content (AvgIpc) is 3.21. The van der Waals surface area contributed by atoms with E-state index in [-0.39, 0.29) is 30.7 Å². The quantitative estimate of drug-likeness (QED) is 0.513. The fourth-order valence-corrected chi connectivity index (χ4v) is 3.80. The summed E-state index contributed by atoms with van der Waals surface area (Å²) in [4.78, 5) is 43.3. The minimum absolute atomic E-state index is 0.0651. The van der Waals surface area contributed by atoms with Gasteiger partial charge in [-0.15, -0.1) is 11.3 Å². The van der Waals surface area contributed by atoms with Gasteiger partial charge in [-0.05, 0) is 37.6 Å². The van der Waals surface area contributed by atoms with Gasteiger partial charge in [-0.3, -0.25) is 14.4 Å². The van der Waals surface area contributed by atoms with Crippen molar-refractivity contribution in [1.82, 2.24) is 9.88 Å². The first-order valence-corrected chi connectivity index (χ1v) is 11.3. The van der Waals surface area contributed by atoms with Gasteiger partial charge in [0, 0.05) is 23.2 Å². The van der Waals surface area contributed by atoms with Crippen LogP contribution in [0.3, 0.4) is 0 Å². The molecule has 1 aromatic heterocycles. The summed E-state index contributed by atoms with van der Waals surface area (Å²) in [5.74, 6) is -0.692. The van der Waals surface area contributed by atoms with Crippen LogP contribution in [-0.4, -0.2) is 40.7 Å². The molecule has 1 heterocycles. The maximum atomic E-state index is 12.7. The van der Waals surface area contributed by atoms with Crippen molar-refractivity contribution in [3.8, 4) is 0 Å². The molecule has 8 heteroatoms. The molecule has 7 nitrogen and oxygen atoms in total. The maximum absolute atomic E-state index is 12.7. The lowest BCUT2D eigenvalue weighted by Gasteiger charge is -2.21. The van der Waals surface area contributed by atoms with E-state index < -0.39 is 0 Å². The second-order valence-corrected chi connectivity index (χ2v) is 8.23. The Labute approximate surface area is 191 Å². The third-order valence-electron chi connectivity index (χ3n) is 4.61. The van der Waals surface area contributed by atoms with E-state index in [2.05, 4.69) is 15.6 Å². The standard InChI is InChI=1S/C24H26N4O3S/c1-3-13-28(23(31)18-7-5-4-6-8-18)15-22(30)27-24-26-20(16-32-24)14-21(29)25-19-11-9-17(2)10-12-19/h4-12,16H,3,13-15H2,1-2H3,(H,25,29)(H,26,27,30).